The number of ether oxygens (including phenoxy) is 3. The zero-order valence-corrected chi connectivity index (χ0v) is 36.0. The van der Waals surface area contributed by atoms with E-state index in [4.69, 9.17) is 14.2 Å². The number of non-ortho nitro benzene ring substituents is 3. The number of likely N-dealkylation sites (tertiary alicyclic amines) is 2. The van der Waals surface area contributed by atoms with Crippen LogP contribution in [-0.2, 0) is 43.6 Å². The van der Waals surface area contributed by atoms with Crippen LogP contribution in [0, 0.1) is 48.1 Å². The number of carbonyl (C=O) groups is 4. The summed E-state index contributed by atoms with van der Waals surface area (Å²) in [5, 5.41) is 55.4. The summed E-state index contributed by atoms with van der Waals surface area (Å²) in [7, 11) is 0. The highest BCUT2D eigenvalue weighted by Crippen LogP contribution is 2.53. The van der Waals surface area contributed by atoms with E-state index in [-0.39, 0.29) is 74.6 Å². The van der Waals surface area contributed by atoms with E-state index in [1.807, 2.05) is 6.92 Å². The Morgan fingerprint density at radius 1 is 0.754 bits per heavy atom. The maximum atomic E-state index is 13.9. The normalized spacial score (nSPS) is 22.7. The minimum absolute atomic E-state index is 0.000411. The SMILES string of the molecule is C[C@@H](O)[C@H]1C(=O)N2C(C(=O)OCc3ccc([N+](=O)[O-])cc3)=C(S[C@H]3C[C@@H](C(O)C4CCN(C(=O)OCc5ccc([N+](=O)[O-])cc5)CC4)N(C(=O)OCc4ccc([N+](=O)[O-])cc4)C3)[C@H](C)[C@H]12. The molecule has 0 bridgehead atoms. The largest absolute Gasteiger partial charge is 0.456 e. The van der Waals surface area contributed by atoms with Crippen molar-refractivity contribution < 1.29 is 58.4 Å². The van der Waals surface area contributed by atoms with E-state index >= 15 is 0 Å². The summed E-state index contributed by atoms with van der Waals surface area (Å²) in [5.41, 5.74) is 1.16. The lowest BCUT2D eigenvalue weighted by Crippen LogP contribution is -2.63. The molecule has 3 aromatic rings. The molecule has 65 heavy (non-hydrogen) atoms. The number of nitro groups is 3. The molecular weight excluding hydrogens is 873 g/mol. The lowest BCUT2D eigenvalue weighted by Gasteiger charge is -2.46. The van der Waals surface area contributed by atoms with Gasteiger partial charge in [-0.25, -0.2) is 14.4 Å². The number of rotatable bonds is 15. The molecule has 3 saturated heterocycles. The summed E-state index contributed by atoms with van der Waals surface area (Å²) < 4.78 is 16.8. The lowest BCUT2D eigenvalue weighted by atomic mass is 9.79. The summed E-state index contributed by atoms with van der Waals surface area (Å²) >= 11 is 1.27. The van der Waals surface area contributed by atoms with Crippen LogP contribution in [0.4, 0.5) is 26.7 Å². The number of carbonyl (C=O) groups excluding carboxylic acids is 4. The molecule has 4 aliphatic rings. The molecule has 4 aliphatic heterocycles. The summed E-state index contributed by atoms with van der Waals surface area (Å²) in [6.45, 7) is 3.30. The quantitative estimate of drug-likeness (QED) is 0.0631. The number of β-lactam (4-membered cyclic amide) rings is 1. The molecule has 0 spiro atoms. The Balaban J connectivity index is 1.06. The predicted octanol–water partition coefficient (Wildman–Crippen LogP) is 5.45. The second kappa shape index (κ2) is 19.6. The summed E-state index contributed by atoms with van der Waals surface area (Å²) in [6.07, 6.45) is -2.49. The fourth-order valence-corrected chi connectivity index (χ4v) is 10.4. The second-order valence-electron chi connectivity index (χ2n) is 16.4. The van der Waals surface area contributed by atoms with Gasteiger partial charge in [-0.05, 0) is 85.2 Å². The molecule has 3 fully saturated rings. The summed E-state index contributed by atoms with van der Waals surface area (Å²) in [5.74, 6) is -2.85. The van der Waals surface area contributed by atoms with Crippen molar-refractivity contribution in [3.05, 3.63) is 130 Å². The van der Waals surface area contributed by atoms with Crippen LogP contribution < -0.4 is 0 Å². The minimum atomic E-state index is -1.09. The monoisotopic (exact) mass is 918 g/mol. The molecule has 1 unspecified atom stereocenters. The van der Waals surface area contributed by atoms with E-state index in [1.165, 1.54) is 106 Å². The van der Waals surface area contributed by atoms with Gasteiger partial charge in [0.25, 0.3) is 17.1 Å². The number of hydrogen-bond donors (Lipinski definition) is 2. The van der Waals surface area contributed by atoms with Gasteiger partial charge in [0.15, 0.2) is 0 Å². The molecule has 3 amide bonds. The summed E-state index contributed by atoms with van der Waals surface area (Å²) in [4.78, 5) is 90.7. The van der Waals surface area contributed by atoms with Gasteiger partial charge < -0.3 is 39.1 Å². The van der Waals surface area contributed by atoms with Gasteiger partial charge in [0.1, 0.15) is 25.5 Å². The zero-order chi connectivity index (χ0) is 46.7. The average molecular weight is 919 g/mol. The smallest absolute Gasteiger partial charge is 0.410 e. The van der Waals surface area contributed by atoms with Gasteiger partial charge in [-0.3, -0.25) is 35.1 Å². The first-order valence-corrected chi connectivity index (χ1v) is 21.7. The first-order chi connectivity index (χ1) is 31.0. The van der Waals surface area contributed by atoms with Crippen LogP contribution in [0.1, 0.15) is 49.8 Å². The van der Waals surface area contributed by atoms with Gasteiger partial charge in [0.2, 0.25) is 5.91 Å². The van der Waals surface area contributed by atoms with Crippen molar-refractivity contribution in [2.24, 2.45) is 17.8 Å². The van der Waals surface area contributed by atoms with E-state index in [0.29, 0.717) is 34.4 Å². The third-order valence-corrected chi connectivity index (χ3v) is 13.8. The third kappa shape index (κ3) is 10.0. The van der Waals surface area contributed by atoms with Crippen molar-refractivity contribution in [3.63, 3.8) is 0 Å². The Morgan fingerprint density at radius 3 is 1.68 bits per heavy atom. The molecular formula is C43H46N6O15S. The van der Waals surface area contributed by atoms with Crippen LogP contribution in [-0.4, -0.2) is 113 Å². The van der Waals surface area contributed by atoms with E-state index in [9.17, 15) is 59.7 Å². The van der Waals surface area contributed by atoms with Crippen molar-refractivity contribution in [3.8, 4) is 0 Å². The van der Waals surface area contributed by atoms with Gasteiger partial charge in [-0.2, -0.15) is 0 Å². The van der Waals surface area contributed by atoms with Crippen LogP contribution in [0.2, 0.25) is 0 Å². The number of aliphatic hydroxyl groups is 2. The van der Waals surface area contributed by atoms with Crippen LogP contribution >= 0.6 is 11.8 Å². The van der Waals surface area contributed by atoms with Gasteiger partial charge in [-0.1, -0.05) is 6.92 Å². The number of fused-ring (bicyclic) bond motifs is 1. The fraction of sp³-hybridized carbons (Fsp3) is 0.442. The highest BCUT2D eigenvalue weighted by molar-refractivity contribution is 8.03. The third-order valence-electron chi connectivity index (χ3n) is 12.3. The second-order valence-corrected chi connectivity index (χ2v) is 17.8. The zero-order valence-electron chi connectivity index (χ0n) is 35.2. The Labute approximate surface area is 375 Å². The summed E-state index contributed by atoms with van der Waals surface area (Å²) in [6, 6.07) is 15.3. The minimum Gasteiger partial charge on any atom is -0.456 e. The molecule has 0 aliphatic carbocycles. The van der Waals surface area contributed by atoms with Crippen molar-refractivity contribution in [1.82, 2.24) is 14.7 Å². The highest BCUT2D eigenvalue weighted by Gasteiger charge is 2.61. The Kier molecular flexibility index (Phi) is 14.0. The highest BCUT2D eigenvalue weighted by atomic mass is 32.2. The maximum absolute atomic E-state index is 13.9. The van der Waals surface area contributed by atoms with Gasteiger partial charge in [-0.15, -0.1) is 11.8 Å². The predicted molar refractivity (Wildman–Crippen MR) is 228 cm³/mol. The molecule has 4 heterocycles. The number of thioether (sulfide) groups is 1. The van der Waals surface area contributed by atoms with Crippen LogP contribution in [0.3, 0.4) is 0 Å². The van der Waals surface area contributed by atoms with E-state index in [1.54, 1.807) is 0 Å². The number of nitrogens with zero attached hydrogens (tertiary/aromatic N) is 6. The molecule has 21 nitrogen and oxygen atoms in total. The van der Waals surface area contributed by atoms with Crippen LogP contribution in [0.15, 0.2) is 83.4 Å². The number of nitro benzene ring substituents is 3. The van der Waals surface area contributed by atoms with Crippen LogP contribution in [0.25, 0.3) is 0 Å². The average Bonchev–Trinajstić information content (AvgIpc) is 3.83. The number of benzene rings is 3. The number of esters is 1. The standard InChI is InChI=1S/C43H46N6O15S/c1-24-36-35(25(2)50)40(52)46(36)37(41(53)62-21-26-3-9-30(10-4-26)47(56)57)39(24)65-33-19-34(45(20-33)43(55)64-23-28-7-13-32(14-8-28)49(60)61)38(51)29-15-17-44(18-16-29)42(54)63-22-27-5-11-31(12-6-27)48(58)59/h3-14,24-25,29,33-36,38,50-51H,15-23H2,1-2H3/t24-,25-,33+,34+,35-,36-,38?/m1/s1. The van der Waals surface area contributed by atoms with Gasteiger partial charge in [0, 0.05) is 72.1 Å². The molecule has 22 heteroatoms. The molecule has 2 N–H and O–H groups in total. The van der Waals surface area contributed by atoms with Crippen molar-refractivity contribution in [2.75, 3.05) is 19.6 Å². The Morgan fingerprint density at radius 2 is 1.22 bits per heavy atom. The molecule has 344 valence electrons. The Bertz CT molecular complexity index is 2360. The van der Waals surface area contributed by atoms with Crippen molar-refractivity contribution >= 4 is 52.9 Å². The number of amides is 3. The Hall–Kier alpha value is -6.65. The first kappa shape index (κ1) is 46.3. The van der Waals surface area contributed by atoms with Crippen LogP contribution in [0.5, 0.6) is 0 Å². The molecule has 0 saturated carbocycles. The van der Waals surface area contributed by atoms with E-state index < -0.39 is 80.2 Å². The number of hydrogen-bond acceptors (Lipinski definition) is 16. The molecule has 0 radical (unpaired) electrons. The molecule has 7 rings (SSSR count). The van der Waals surface area contributed by atoms with Crippen molar-refractivity contribution in [1.29, 1.82) is 0 Å². The first-order valence-electron chi connectivity index (χ1n) is 20.8. The number of aliphatic hydroxyl groups excluding tert-OH is 2. The van der Waals surface area contributed by atoms with Gasteiger partial charge >= 0.3 is 18.2 Å². The fourth-order valence-electron chi connectivity index (χ4n) is 8.85. The van der Waals surface area contributed by atoms with E-state index in [2.05, 4.69) is 0 Å². The van der Waals surface area contributed by atoms with Gasteiger partial charge in [0.05, 0.1) is 45.0 Å². The maximum Gasteiger partial charge on any atom is 0.410 e. The van der Waals surface area contributed by atoms with E-state index in [0.717, 1.165) is 0 Å². The number of piperidine rings is 1. The molecule has 0 aromatic heterocycles. The lowest BCUT2D eigenvalue weighted by molar-refractivity contribution is -0.385. The van der Waals surface area contributed by atoms with Crippen molar-refractivity contribution in [2.45, 2.75) is 82.5 Å². The molecule has 7 atom stereocenters. The molecule has 3 aromatic carbocycles. The topological polar surface area (TPSA) is 276 Å².